The van der Waals surface area contributed by atoms with Crippen molar-refractivity contribution in [1.29, 1.82) is 0 Å². The molecule has 0 saturated carbocycles. The van der Waals surface area contributed by atoms with Crippen LogP contribution in [-0.2, 0) is 9.53 Å². The van der Waals surface area contributed by atoms with E-state index in [1.807, 2.05) is 29.0 Å². The van der Waals surface area contributed by atoms with Gasteiger partial charge in [0.15, 0.2) is 5.13 Å². The van der Waals surface area contributed by atoms with E-state index in [0.29, 0.717) is 5.13 Å². The number of ether oxygens (including phenoxy) is 1. The third-order valence-electron chi connectivity index (χ3n) is 2.65. The van der Waals surface area contributed by atoms with Crippen molar-refractivity contribution in [2.45, 2.75) is 0 Å². The lowest BCUT2D eigenvalue weighted by atomic mass is 10.3. The van der Waals surface area contributed by atoms with Crippen LogP contribution < -0.4 is 5.32 Å². The number of rotatable bonds is 5. The summed E-state index contributed by atoms with van der Waals surface area (Å²) in [6.07, 6.45) is 0. The van der Waals surface area contributed by atoms with Crippen molar-refractivity contribution in [2.75, 3.05) is 19.0 Å². The fourth-order valence-electron chi connectivity index (χ4n) is 1.82. The van der Waals surface area contributed by atoms with Crippen LogP contribution in [0.4, 0.5) is 5.13 Å². The van der Waals surface area contributed by atoms with Gasteiger partial charge in [0, 0.05) is 12.0 Å². The van der Waals surface area contributed by atoms with Crippen LogP contribution in [0.15, 0.2) is 35.0 Å². The van der Waals surface area contributed by atoms with Gasteiger partial charge in [-0.15, -0.1) is 22.7 Å². The zero-order chi connectivity index (χ0) is 14.7. The molecule has 4 nitrogen and oxygen atoms in total. The number of anilines is 1. The van der Waals surface area contributed by atoms with Crippen molar-refractivity contribution in [3.63, 3.8) is 0 Å². The summed E-state index contributed by atoms with van der Waals surface area (Å²) in [7, 11) is 1.50. The quantitative estimate of drug-likeness (QED) is 0.760. The molecule has 0 aromatic carbocycles. The number of methoxy groups -OCH3 is 1. The molecule has 1 N–H and O–H groups in total. The second-order valence-electron chi connectivity index (χ2n) is 4.13. The van der Waals surface area contributed by atoms with E-state index in [1.54, 1.807) is 22.7 Å². The molecule has 1 amide bonds. The smallest absolute Gasteiger partial charge is 0.252 e. The molecule has 0 bridgehead atoms. The Labute approximate surface area is 134 Å². The Morgan fingerprint density at radius 3 is 2.57 bits per heavy atom. The minimum atomic E-state index is -0.193. The molecule has 0 saturated heterocycles. The molecule has 0 fully saturated rings. The molecule has 0 radical (unpaired) electrons. The van der Waals surface area contributed by atoms with Crippen molar-refractivity contribution in [2.24, 2.45) is 0 Å². The Morgan fingerprint density at radius 2 is 1.95 bits per heavy atom. The first-order chi connectivity index (χ1) is 10.3. The summed E-state index contributed by atoms with van der Waals surface area (Å²) in [6, 6.07) is 8.12. The fourth-order valence-corrected chi connectivity index (χ4v) is 4.45. The van der Waals surface area contributed by atoms with Crippen molar-refractivity contribution in [1.82, 2.24) is 4.98 Å². The highest BCUT2D eigenvalue weighted by atomic mass is 32.1. The first-order valence-electron chi connectivity index (χ1n) is 6.15. The number of hydrogen-bond donors (Lipinski definition) is 1. The van der Waals surface area contributed by atoms with E-state index in [2.05, 4.69) is 16.4 Å². The van der Waals surface area contributed by atoms with E-state index >= 15 is 0 Å². The number of nitrogens with zero attached hydrogens (tertiary/aromatic N) is 1. The van der Waals surface area contributed by atoms with E-state index < -0.39 is 0 Å². The van der Waals surface area contributed by atoms with Crippen LogP contribution in [0.5, 0.6) is 0 Å². The Balaban J connectivity index is 1.98. The topological polar surface area (TPSA) is 51.2 Å². The van der Waals surface area contributed by atoms with Gasteiger partial charge in [-0.2, -0.15) is 0 Å². The normalized spacial score (nSPS) is 10.7. The first kappa shape index (κ1) is 14.4. The number of hydrogen-bond acceptors (Lipinski definition) is 6. The Hall–Kier alpha value is -1.54. The van der Waals surface area contributed by atoms with E-state index in [4.69, 9.17) is 4.74 Å². The molecule has 0 spiro atoms. The lowest BCUT2D eigenvalue weighted by molar-refractivity contribution is -0.119. The minimum Gasteiger partial charge on any atom is -0.375 e. The molecule has 7 heteroatoms. The maximum atomic E-state index is 11.6. The largest absolute Gasteiger partial charge is 0.375 e. The van der Waals surface area contributed by atoms with Crippen LogP contribution in [0.25, 0.3) is 20.3 Å². The summed E-state index contributed by atoms with van der Waals surface area (Å²) >= 11 is 4.80. The molecule has 21 heavy (non-hydrogen) atoms. The fraction of sp³-hybridized carbons (Fsp3) is 0.143. The van der Waals surface area contributed by atoms with Gasteiger partial charge in [0.05, 0.1) is 9.75 Å². The highest BCUT2D eigenvalue weighted by Crippen LogP contribution is 2.42. The average molecular weight is 336 g/mol. The number of nitrogens with one attached hydrogen (secondary N) is 1. The molecular formula is C14H12N2O2S3. The molecule has 0 aliphatic rings. The highest BCUT2D eigenvalue weighted by Gasteiger charge is 2.17. The number of amides is 1. The zero-order valence-corrected chi connectivity index (χ0v) is 13.6. The summed E-state index contributed by atoms with van der Waals surface area (Å²) < 4.78 is 4.83. The number of aromatic nitrogens is 1. The maximum absolute atomic E-state index is 11.6. The Kier molecular flexibility index (Phi) is 4.45. The minimum absolute atomic E-state index is 0.0300. The van der Waals surface area contributed by atoms with Gasteiger partial charge in [0.25, 0.3) is 5.91 Å². The van der Waals surface area contributed by atoms with Crippen molar-refractivity contribution >= 4 is 45.0 Å². The number of carbonyl (C=O) groups is 1. The van der Waals surface area contributed by atoms with Gasteiger partial charge in [-0.05, 0) is 22.9 Å². The number of thiazole rings is 1. The molecule has 108 valence electrons. The van der Waals surface area contributed by atoms with Crippen LogP contribution in [-0.4, -0.2) is 24.6 Å². The lowest BCUT2D eigenvalue weighted by Crippen LogP contribution is -2.16. The molecule has 0 aliphatic heterocycles. The molecule has 3 aromatic heterocycles. The van der Waals surface area contributed by atoms with Gasteiger partial charge in [-0.1, -0.05) is 23.5 Å². The van der Waals surface area contributed by atoms with Crippen LogP contribution in [0.1, 0.15) is 0 Å². The number of thiophene rings is 2. The van der Waals surface area contributed by atoms with E-state index in [-0.39, 0.29) is 12.5 Å². The van der Waals surface area contributed by atoms with Gasteiger partial charge < -0.3 is 4.74 Å². The Morgan fingerprint density at radius 1 is 1.24 bits per heavy atom. The van der Waals surface area contributed by atoms with Gasteiger partial charge in [0.2, 0.25) is 0 Å². The predicted octanol–water partition coefficient (Wildman–Crippen LogP) is 4.19. The first-order valence-corrected chi connectivity index (χ1v) is 8.73. The Bertz CT molecular complexity index is 666. The summed E-state index contributed by atoms with van der Waals surface area (Å²) in [6.45, 7) is 0.0300. The number of carbonyl (C=O) groups excluding carboxylic acids is 1. The molecule has 3 aromatic rings. The van der Waals surface area contributed by atoms with E-state index in [9.17, 15) is 4.79 Å². The summed E-state index contributed by atoms with van der Waals surface area (Å²) in [5.74, 6) is -0.193. The van der Waals surface area contributed by atoms with E-state index in [0.717, 1.165) is 20.3 Å². The van der Waals surface area contributed by atoms with Gasteiger partial charge >= 0.3 is 0 Å². The van der Waals surface area contributed by atoms with Crippen LogP contribution in [0, 0.1) is 0 Å². The molecule has 0 atom stereocenters. The maximum Gasteiger partial charge on any atom is 0.252 e. The monoisotopic (exact) mass is 336 g/mol. The summed E-state index contributed by atoms with van der Waals surface area (Å²) in [4.78, 5) is 19.6. The van der Waals surface area contributed by atoms with Gasteiger partial charge in [0.1, 0.15) is 12.3 Å². The third kappa shape index (κ3) is 3.21. The summed E-state index contributed by atoms with van der Waals surface area (Å²) in [5, 5.41) is 7.44. The molecular weight excluding hydrogens is 324 g/mol. The molecule has 3 heterocycles. The van der Waals surface area contributed by atoms with E-state index in [1.165, 1.54) is 18.4 Å². The third-order valence-corrected chi connectivity index (χ3v) is 5.55. The molecule has 0 unspecified atom stereocenters. The summed E-state index contributed by atoms with van der Waals surface area (Å²) in [5.41, 5.74) is 0.921. The molecule has 0 aliphatic carbocycles. The standard InChI is InChI=1S/C14H12N2O2S3/c1-18-8-11(17)15-14-16-12(9-4-2-6-19-9)13(21-14)10-5-3-7-20-10/h2-7H,8H2,1H3,(H,15,16,17). The predicted molar refractivity (Wildman–Crippen MR) is 89.2 cm³/mol. The second-order valence-corrected chi connectivity index (χ2v) is 7.03. The second kappa shape index (κ2) is 6.48. The van der Waals surface area contributed by atoms with Crippen LogP contribution in [0.3, 0.4) is 0 Å². The molecule has 3 rings (SSSR count). The van der Waals surface area contributed by atoms with Crippen LogP contribution in [0.2, 0.25) is 0 Å². The van der Waals surface area contributed by atoms with Crippen molar-refractivity contribution < 1.29 is 9.53 Å². The SMILES string of the molecule is COCC(=O)Nc1nc(-c2cccs2)c(-c2cccs2)s1. The van der Waals surface area contributed by atoms with Gasteiger partial charge in [-0.3, -0.25) is 10.1 Å². The lowest BCUT2D eigenvalue weighted by Gasteiger charge is -1.98. The van der Waals surface area contributed by atoms with Gasteiger partial charge in [-0.25, -0.2) is 4.98 Å². The highest BCUT2D eigenvalue weighted by molar-refractivity contribution is 7.24. The van der Waals surface area contributed by atoms with Crippen molar-refractivity contribution in [3.05, 3.63) is 35.0 Å². The average Bonchev–Trinajstić information content (AvgIpc) is 3.20. The van der Waals surface area contributed by atoms with Crippen molar-refractivity contribution in [3.8, 4) is 20.3 Å². The van der Waals surface area contributed by atoms with Crippen LogP contribution >= 0.6 is 34.0 Å². The zero-order valence-electron chi connectivity index (χ0n) is 11.2.